The summed E-state index contributed by atoms with van der Waals surface area (Å²) in [6.45, 7) is 18.5. The average molecular weight is 465 g/mol. The predicted octanol–water partition coefficient (Wildman–Crippen LogP) is 7.89. The van der Waals surface area contributed by atoms with E-state index in [1.54, 1.807) is 0 Å². The molecule has 27 heavy (non-hydrogen) atoms. The fraction of sp³-hybridized carbons (Fsp3) is 0.905. The topological polar surface area (TPSA) is 9.23 Å². The van der Waals surface area contributed by atoms with Gasteiger partial charge in [-0.2, -0.15) is 0 Å². The quantitative estimate of drug-likeness (QED) is 0.266. The highest BCUT2D eigenvalue weighted by molar-refractivity contribution is 8.19. The molecule has 0 aromatic carbocycles. The van der Waals surface area contributed by atoms with Crippen LogP contribution in [0.25, 0.3) is 0 Å². The van der Waals surface area contributed by atoms with Crippen molar-refractivity contribution < 1.29 is 4.43 Å². The van der Waals surface area contributed by atoms with Crippen LogP contribution < -0.4 is 0 Å². The SMILES string of the molecule is C=CCC1(C[C@H](CC2(C)SCCCS2)O[Si](C)(C)C(C)(C)C)SCCCS1. The third-order valence-electron chi connectivity index (χ3n) is 5.98. The van der Waals surface area contributed by atoms with Gasteiger partial charge in [-0.1, -0.05) is 26.8 Å². The lowest BCUT2D eigenvalue weighted by Gasteiger charge is -2.45. The molecule has 1 nitrogen and oxygen atoms in total. The van der Waals surface area contributed by atoms with E-state index in [-0.39, 0.29) is 9.12 Å². The molecular weight excluding hydrogens is 425 g/mol. The molecule has 2 fully saturated rings. The zero-order chi connectivity index (χ0) is 20.2. The van der Waals surface area contributed by atoms with Gasteiger partial charge in [-0.05, 0) is 80.2 Å². The van der Waals surface area contributed by atoms with Gasteiger partial charge in [0.2, 0.25) is 0 Å². The van der Waals surface area contributed by atoms with Crippen LogP contribution in [-0.4, -0.2) is 45.6 Å². The molecule has 0 N–H and O–H groups in total. The van der Waals surface area contributed by atoms with E-state index in [0.29, 0.717) is 10.2 Å². The number of rotatable bonds is 8. The summed E-state index contributed by atoms with van der Waals surface area (Å²) >= 11 is 8.68. The van der Waals surface area contributed by atoms with E-state index in [2.05, 4.69) is 100 Å². The molecule has 158 valence electrons. The second-order valence-electron chi connectivity index (χ2n) is 9.55. The average Bonchev–Trinajstić information content (AvgIpc) is 2.54. The highest BCUT2D eigenvalue weighted by Gasteiger charge is 2.44. The van der Waals surface area contributed by atoms with Gasteiger partial charge in [-0.25, -0.2) is 0 Å². The van der Waals surface area contributed by atoms with Crippen molar-refractivity contribution in [2.24, 2.45) is 0 Å². The van der Waals surface area contributed by atoms with Gasteiger partial charge < -0.3 is 4.43 Å². The maximum atomic E-state index is 7.10. The number of thioether (sulfide) groups is 4. The molecule has 2 aliphatic heterocycles. The molecule has 0 bridgehead atoms. The smallest absolute Gasteiger partial charge is 0.192 e. The molecule has 0 aromatic rings. The zero-order valence-corrected chi connectivity index (χ0v) is 22.5. The van der Waals surface area contributed by atoms with Crippen LogP contribution in [0, 0.1) is 0 Å². The summed E-state index contributed by atoms with van der Waals surface area (Å²) in [4.78, 5) is 0. The molecular formula is C21H40OS4Si. The summed E-state index contributed by atoms with van der Waals surface area (Å²) in [7, 11) is -1.79. The van der Waals surface area contributed by atoms with Gasteiger partial charge in [-0.15, -0.1) is 53.6 Å². The number of allylic oxidation sites excluding steroid dienone is 1. The zero-order valence-electron chi connectivity index (χ0n) is 18.3. The van der Waals surface area contributed by atoms with Crippen molar-refractivity contribution in [1.82, 2.24) is 0 Å². The van der Waals surface area contributed by atoms with Crippen molar-refractivity contribution in [2.75, 3.05) is 23.0 Å². The first-order valence-electron chi connectivity index (χ1n) is 10.4. The fourth-order valence-electron chi connectivity index (χ4n) is 3.46. The molecule has 0 spiro atoms. The first kappa shape index (κ1) is 24.6. The minimum atomic E-state index is -1.79. The largest absolute Gasteiger partial charge is 0.414 e. The molecule has 1 atom stereocenters. The lowest BCUT2D eigenvalue weighted by Crippen LogP contribution is -2.47. The van der Waals surface area contributed by atoms with Gasteiger partial charge in [0.25, 0.3) is 0 Å². The minimum Gasteiger partial charge on any atom is -0.414 e. The molecule has 0 unspecified atom stereocenters. The second kappa shape index (κ2) is 10.1. The Hall–Kier alpha value is 1.32. The predicted molar refractivity (Wildman–Crippen MR) is 136 cm³/mol. The van der Waals surface area contributed by atoms with Crippen LogP contribution in [0.5, 0.6) is 0 Å². The number of hydrogen-bond acceptors (Lipinski definition) is 5. The van der Waals surface area contributed by atoms with E-state index in [1.807, 2.05) is 0 Å². The Morgan fingerprint density at radius 2 is 1.52 bits per heavy atom. The van der Waals surface area contributed by atoms with E-state index >= 15 is 0 Å². The van der Waals surface area contributed by atoms with Crippen molar-refractivity contribution in [3.8, 4) is 0 Å². The van der Waals surface area contributed by atoms with E-state index < -0.39 is 8.32 Å². The Balaban J connectivity index is 2.20. The monoisotopic (exact) mass is 464 g/mol. The molecule has 6 heteroatoms. The molecule has 0 aliphatic carbocycles. The molecule has 2 rings (SSSR count). The highest BCUT2D eigenvalue weighted by atomic mass is 32.2. The maximum absolute atomic E-state index is 7.10. The van der Waals surface area contributed by atoms with Crippen molar-refractivity contribution >= 4 is 55.4 Å². The van der Waals surface area contributed by atoms with Crippen molar-refractivity contribution in [2.45, 2.75) is 92.2 Å². The molecule has 0 radical (unpaired) electrons. The third kappa shape index (κ3) is 7.20. The summed E-state index contributed by atoms with van der Waals surface area (Å²) in [6, 6.07) is 0. The second-order valence-corrected chi connectivity index (χ2v) is 21.0. The van der Waals surface area contributed by atoms with Crippen LogP contribution in [0.2, 0.25) is 18.1 Å². The van der Waals surface area contributed by atoms with Crippen molar-refractivity contribution in [3.63, 3.8) is 0 Å². The first-order valence-corrected chi connectivity index (χ1v) is 17.2. The van der Waals surface area contributed by atoms with Crippen LogP contribution in [-0.2, 0) is 4.43 Å². The van der Waals surface area contributed by atoms with E-state index in [0.717, 1.165) is 12.8 Å². The third-order valence-corrected chi connectivity index (χ3v) is 17.2. The Morgan fingerprint density at radius 3 is 2.00 bits per heavy atom. The van der Waals surface area contributed by atoms with Crippen LogP contribution in [0.4, 0.5) is 0 Å². The Morgan fingerprint density at radius 1 is 1.00 bits per heavy atom. The lowest BCUT2D eigenvalue weighted by molar-refractivity contribution is 0.155. The maximum Gasteiger partial charge on any atom is 0.192 e. The van der Waals surface area contributed by atoms with Crippen molar-refractivity contribution in [3.05, 3.63) is 12.7 Å². The van der Waals surface area contributed by atoms with E-state index in [1.165, 1.54) is 42.3 Å². The molecule has 2 aliphatic rings. The van der Waals surface area contributed by atoms with E-state index in [4.69, 9.17) is 4.43 Å². The Bertz CT molecular complexity index is 477. The normalized spacial score (nSPS) is 24.4. The van der Waals surface area contributed by atoms with Crippen LogP contribution in [0.3, 0.4) is 0 Å². The summed E-state index contributed by atoms with van der Waals surface area (Å²) in [6.07, 6.45) is 8.62. The summed E-state index contributed by atoms with van der Waals surface area (Å²) < 4.78 is 7.68. The number of hydrogen-bond donors (Lipinski definition) is 0. The Kier molecular flexibility index (Phi) is 9.18. The van der Waals surface area contributed by atoms with Crippen LogP contribution >= 0.6 is 47.0 Å². The van der Waals surface area contributed by atoms with Crippen LogP contribution in [0.1, 0.15) is 59.8 Å². The molecule has 0 amide bonds. The van der Waals surface area contributed by atoms with Crippen LogP contribution in [0.15, 0.2) is 12.7 Å². The van der Waals surface area contributed by atoms with E-state index in [9.17, 15) is 0 Å². The minimum absolute atomic E-state index is 0.261. The van der Waals surface area contributed by atoms with Gasteiger partial charge >= 0.3 is 0 Å². The standard InChI is InChI=1S/C21H40OS4Si/c1-8-11-21(25-14-10-15-26-21)17-18(22-27(6,7)19(2,3)4)16-20(5)23-12-9-13-24-20/h8,18H,1,9-17H2,2-7H3/t18-/m0/s1. The molecule has 0 aromatic heterocycles. The summed E-state index contributed by atoms with van der Waals surface area (Å²) in [5.74, 6) is 5.18. The van der Waals surface area contributed by atoms with Gasteiger partial charge in [0.15, 0.2) is 8.32 Å². The Labute approximate surface area is 186 Å². The highest BCUT2D eigenvalue weighted by Crippen LogP contribution is 2.52. The molecule has 0 saturated carbocycles. The molecule has 2 saturated heterocycles. The van der Waals surface area contributed by atoms with Gasteiger partial charge in [-0.3, -0.25) is 0 Å². The van der Waals surface area contributed by atoms with Gasteiger partial charge in [0, 0.05) is 6.10 Å². The van der Waals surface area contributed by atoms with Gasteiger partial charge in [0.05, 0.1) is 8.16 Å². The van der Waals surface area contributed by atoms with Crippen molar-refractivity contribution in [1.29, 1.82) is 0 Å². The first-order chi connectivity index (χ1) is 12.5. The van der Waals surface area contributed by atoms with Gasteiger partial charge in [0.1, 0.15) is 0 Å². The fourth-order valence-corrected chi connectivity index (χ4v) is 11.3. The molecule has 2 heterocycles. The lowest BCUT2D eigenvalue weighted by atomic mass is 10.1. The summed E-state index contributed by atoms with van der Waals surface area (Å²) in [5, 5.41) is 0.261. The summed E-state index contributed by atoms with van der Waals surface area (Å²) in [5.41, 5.74) is 0.